The van der Waals surface area contributed by atoms with E-state index in [9.17, 15) is 18.0 Å². The van der Waals surface area contributed by atoms with E-state index >= 15 is 0 Å². The summed E-state index contributed by atoms with van der Waals surface area (Å²) >= 11 is 6.08. The van der Waals surface area contributed by atoms with Crippen LogP contribution in [0.2, 0.25) is 5.02 Å². The first-order valence-electron chi connectivity index (χ1n) is 6.96. The van der Waals surface area contributed by atoms with Crippen molar-refractivity contribution < 1.29 is 17.9 Å². The maximum absolute atomic E-state index is 12.5. The third-order valence-corrected chi connectivity index (χ3v) is 3.78. The van der Waals surface area contributed by atoms with Crippen LogP contribution in [-0.4, -0.2) is 10.9 Å². The van der Waals surface area contributed by atoms with Gasteiger partial charge in [0.15, 0.2) is 0 Å². The monoisotopic (exact) mass is 353 g/mol. The number of fused-ring (bicyclic) bond motifs is 1. The van der Waals surface area contributed by atoms with Gasteiger partial charge in [0.05, 0.1) is 17.0 Å². The van der Waals surface area contributed by atoms with Gasteiger partial charge in [-0.1, -0.05) is 35.9 Å². The van der Waals surface area contributed by atoms with Crippen molar-refractivity contribution in [2.75, 3.05) is 0 Å². The van der Waals surface area contributed by atoms with E-state index in [0.29, 0.717) is 16.0 Å². The molecule has 2 aromatic carbocycles. The SMILES string of the molecule is O=c1c2c(Cl)cccc2ccn1Cc1ccc(OC(F)(F)F)cc1. The fourth-order valence-electron chi connectivity index (χ4n) is 2.40. The van der Waals surface area contributed by atoms with Crippen molar-refractivity contribution in [1.82, 2.24) is 4.57 Å². The zero-order valence-corrected chi connectivity index (χ0v) is 12.9. The van der Waals surface area contributed by atoms with E-state index in [-0.39, 0.29) is 17.9 Å². The van der Waals surface area contributed by atoms with E-state index in [1.165, 1.54) is 28.8 Å². The summed E-state index contributed by atoms with van der Waals surface area (Å²) < 4.78 is 41.7. The number of halogens is 4. The molecule has 7 heteroatoms. The van der Waals surface area contributed by atoms with Crippen LogP contribution in [0, 0.1) is 0 Å². The molecule has 0 amide bonds. The molecular formula is C17H11ClF3NO2. The summed E-state index contributed by atoms with van der Waals surface area (Å²) in [6, 6.07) is 12.3. The van der Waals surface area contributed by atoms with Crippen LogP contribution < -0.4 is 10.3 Å². The van der Waals surface area contributed by atoms with Crippen LogP contribution in [0.25, 0.3) is 10.8 Å². The van der Waals surface area contributed by atoms with Crippen LogP contribution in [0.5, 0.6) is 5.75 Å². The fourth-order valence-corrected chi connectivity index (χ4v) is 2.67. The second-order valence-electron chi connectivity index (χ2n) is 5.14. The van der Waals surface area contributed by atoms with Gasteiger partial charge < -0.3 is 9.30 Å². The zero-order valence-electron chi connectivity index (χ0n) is 12.2. The van der Waals surface area contributed by atoms with Gasteiger partial charge in [0, 0.05) is 6.20 Å². The Labute approximate surface area is 139 Å². The molecule has 0 spiro atoms. The Morgan fingerprint density at radius 1 is 1.04 bits per heavy atom. The number of aromatic nitrogens is 1. The Balaban J connectivity index is 1.89. The van der Waals surface area contributed by atoms with Crippen LogP contribution in [0.3, 0.4) is 0 Å². The molecule has 124 valence electrons. The van der Waals surface area contributed by atoms with Crippen LogP contribution in [0.1, 0.15) is 5.56 Å². The summed E-state index contributed by atoms with van der Waals surface area (Å²) in [5, 5.41) is 1.51. The van der Waals surface area contributed by atoms with Gasteiger partial charge >= 0.3 is 6.36 Å². The standard InChI is InChI=1S/C17H11ClF3NO2/c18-14-3-1-2-12-8-9-22(16(23)15(12)14)10-11-4-6-13(7-5-11)24-17(19,20)21/h1-9H,10H2. The number of hydrogen-bond donors (Lipinski definition) is 0. The van der Waals surface area contributed by atoms with Crippen molar-refractivity contribution >= 4 is 22.4 Å². The van der Waals surface area contributed by atoms with Crippen molar-refractivity contribution in [3.8, 4) is 5.75 Å². The highest BCUT2D eigenvalue weighted by Crippen LogP contribution is 2.23. The summed E-state index contributed by atoms with van der Waals surface area (Å²) in [7, 11) is 0. The molecule has 1 heterocycles. The van der Waals surface area contributed by atoms with E-state index in [4.69, 9.17) is 11.6 Å². The highest BCUT2D eigenvalue weighted by molar-refractivity contribution is 6.35. The first kappa shape index (κ1) is 16.4. The molecule has 0 atom stereocenters. The molecule has 1 aromatic heterocycles. The summed E-state index contributed by atoms with van der Waals surface area (Å²) in [5.41, 5.74) is 0.409. The molecule has 3 rings (SSSR count). The van der Waals surface area contributed by atoms with Crippen LogP contribution >= 0.6 is 11.6 Å². The number of benzene rings is 2. The molecule has 0 fully saturated rings. The molecule has 0 aliphatic carbocycles. The molecule has 3 nitrogen and oxygen atoms in total. The van der Waals surface area contributed by atoms with E-state index in [1.54, 1.807) is 30.5 Å². The molecule has 0 saturated heterocycles. The lowest BCUT2D eigenvalue weighted by atomic mass is 10.1. The van der Waals surface area contributed by atoms with Gasteiger partial charge in [-0.05, 0) is 35.2 Å². The van der Waals surface area contributed by atoms with Crippen LogP contribution in [0.15, 0.2) is 59.5 Å². The second kappa shape index (κ2) is 6.20. The number of rotatable bonds is 3. The Bertz CT molecular complexity index is 933. The predicted octanol–water partition coefficient (Wildman–Crippen LogP) is 4.60. The zero-order chi connectivity index (χ0) is 17.3. The molecule has 0 unspecified atom stereocenters. The van der Waals surface area contributed by atoms with Crippen molar-refractivity contribution in [2.45, 2.75) is 12.9 Å². The van der Waals surface area contributed by atoms with E-state index in [0.717, 1.165) is 5.39 Å². The largest absolute Gasteiger partial charge is 0.573 e. The minimum absolute atomic E-state index is 0.215. The topological polar surface area (TPSA) is 31.2 Å². The minimum Gasteiger partial charge on any atom is -0.406 e. The molecule has 0 radical (unpaired) electrons. The predicted molar refractivity (Wildman–Crippen MR) is 85.4 cm³/mol. The molecule has 0 aliphatic rings. The summed E-state index contributed by atoms with van der Waals surface area (Å²) in [6.45, 7) is 0.215. The maximum Gasteiger partial charge on any atom is 0.573 e. The third kappa shape index (κ3) is 3.54. The first-order valence-corrected chi connectivity index (χ1v) is 7.34. The van der Waals surface area contributed by atoms with Gasteiger partial charge in [-0.15, -0.1) is 13.2 Å². The Kier molecular flexibility index (Phi) is 4.24. The van der Waals surface area contributed by atoms with E-state index < -0.39 is 6.36 Å². The lowest BCUT2D eigenvalue weighted by Crippen LogP contribution is -2.20. The van der Waals surface area contributed by atoms with Crippen LogP contribution in [-0.2, 0) is 6.54 Å². The molecular weight excluding hydrogens is 343 g/mol. The number of hydrogen-bond acceptors (Lipinski definition) is 2. The van der Waals surface area contributed by atoms with Crippen molar-refractivity contribution in [2.24, 2.45) is 0 Å². The lowest BCUT2D eigenvalue weighted by Gasteiger charge is -2.11. The van der Waals surface area contributed by atoms with Crippen LogP contribution in [0.4, 0.5) is 13.2 Å². The molecule has 0 saturated carbocycles. The van der Waals surface area contributed by atoms with Crippen molar-refractivity contribution in [1.29, 1.82) is 0 Å². The maximum atomic E-state index is 12.5. The lowest BCUT2D eigenvalue weighted by molar-refractivity contribution is -0.274. The Morgan fingerprint density at radius 3 is 2.42 bits per heavy atom. The Morgan fingerprint density at radius 2 is 1.75 bits per heavy atom. The van der Waals surface area contributed by atoms with Crippen molar-refractivity contribution in [3.05, 3.63) is 75.7 Å². The smallest absolute Gasteiger partial charge is 0.406 e. The number of alkyl halides is 3. The second-order valence-corrected chi connectivity index (χ2v) is 5.55. The normalized spacial score (nSPS) is 11.7. The first-order chi connectivity index (χ1) is 11.3. The van der Waals surface area contributed by atoms with Gasteiger partial charge in [0.1, 0.15) is 5.75 Å². The van der Waals surface area contributed by atoms with E-state index in [1.807, 2.05) is 0 Å². The minimum atomic E-state index is -4.73. The van der Waals surface area contributed by atoms with E-state index in [2.05, 4.69) is 4.74 Å². The van der Waals surface area contributed by atoms with Gasteiger partial charge in [-0.25, -0.2) is 0 Å². The molecule has 24 heavy (non-hydrogen) atoms. The van der Waals surface area contributed by atoms with Crippen molar-refractivity contribution in [3.63, 3.8) is 0 Å². The summed E-state index contributed by atoms with van der Waals surface area (Å²) in [6.07, 6.45) is -3.10. The number of ether oxygens (including phenoxy) is 1. The van der Waals surface area contributed by atoms with Gasteiger partial charge in [-0.2, -0.15) is 0 Å². The average Bonchev–Trinajstić information content (AvgIpc) is 2.50. The highest BCUT2D eigenvalue weighted by atomic mass is 35.5. The van der Waals surface area contributed by atoms with Gasteiger partial charge in [0.2, 0.25) is 0 Å². The summed E-state index contributed by atoms with van der Waals surface area (Å²) in [4.78, 5) is 12.5. The number of pyridine rings is 1. The number of nitrogens with zero attached hydrogens (tertiary/aromatic N) is 1. The molecule has 0 aliphatic heterocycles. The van der Waals surface area contributed by atoms with Gasteiger partial charge in [-0.3, -0.25) is 4.79 Å². The average molecular weight is 354 g/mol. The van der Waals surface area contributed by atoms with Gasteiger partial charge in [0.25, 0.3) is 5.56 Å². The quantitative estimate of drug-likeness (QED) is 0.689. The molecule has 3 aromatic rings. The fraction of sp³-hybridized carbons (Fsp3) is 0.118. The highest BCUT2D eigenvalue weighted by Gasteiger charge is 2.30. The molecule has 0 N–H and O–H groups in total. The Hall–Kier alpha value is -2.47. The summed E-state index contributed by atoms with van der Waals surface area (Å²) in [5.74, 6) is -0.305. The third-order valence-electron chi connectivity index (χ3n) is 3.46. The molecule has 0 bridgehead atoms.